The number of halogens is 1. The van der Waals surface area contributed by atoms with Crippen LogP contribution in [0.4, 0.5) is 0 Å². The maximum absolute atomic E-state index is 6.04. The van der Waals surface area contributed by atoms with Crippen LogP contribution < -0.4 is 5.73 Å². The molecule has 0 saturated carbocycles. The Morgan fingerprint density at radius 1 is 1.47 bits per heavy atom. The first-order valence-corrected chi connectivity index (χ1v) is 7.73. The van der Waals surface area contributed by atoms with E-state index in [1.54, 1.807) is 0 Å². The second kappa shape index (κ2) is 6.74. The lowest BCUT2D eigenvalue weighted by Gasteiger charge is -2.28. The summed E-state index contributed by atoms with van der Waals surface area (Å²) in [6, 6.07) is 6.51. The van der Waals surface area contributed by atoms with Gasteiger partial charge in [0, 0.05) is 24.2 Å². The smallest absolute Gasteiger partial charge is 0.0473 e. The fourth-order valence-corrected chi connectivity index (χ4v) is 3.50. The summed E-state index contributed by atoms with van der Waals surface area (Å²) in [6.45, 7) is 7.45. The molecule has 2 rings (SSSR count). The fraction of sp³-hybridized carbons (Fsp3) is 0.625. The minimum Gasteiger partial charge on any atom is -0.329 e. The van der Waals surface area contributed by atoms with Gasteiger partial charge in [-0.3, -0.25) is 4.90 Å². The second-order valence-corrected chi connectivity index (χ2v) is 6.13. The predicted octanol–water partition coefficient (Wildman–Crippen LogP) is 3.77. The number of aryl methyl sites for hydroxylation is 1. The molecule has 0 aromatic heterocycles. The van der Waals surface area contributed by atoms with Crippen LogP contribution in [-0.2, 0) is 0 Å². The van der Waals surface area contributed by atoms with Crippen molar-refractivity contribution >= 4 is 11.6 Å². The molecule has 2 nitrogen and oxygen atoms in total. The van der Waals surface area contributed by atoms with Gasteiger partial charge in [0.05, 0.1) is 0 Å². The zero-order valence-electron chi connectivity index (χ0n) is 12.0. The van der Waals surface area contributed by atoms with Gasteiger partial charge in [-0.15, -0.1) is 0 Å². The molecule has 1 aromatic carbocycles. The number of nitrogens with zero attached hydrogens (tertiary/aromatic N) is 1. The summed E-state index contributed by atoms with van der Waals surface area (Å²) < 4.78 is 0. The van der Waals surface area contributed by atoms with Gasteiger partial charge in [0.2, 0.25) is 0 Å². The highest BCUT2D eigenvalue weighted by atomic mass is 35.5. The molecule has 3 heteroatoms. The zero-order chi connectivity index (χ0) is 13.8. The molecule has 1 heterocycles. The van der Waals surface area contributed by atoms with Crippen molar-refractivity contribution in [1.29, 1.82) is 0 Å². The van der Waals surface area contributed by atoms with Gasteiger partial charge in [-0.05, 0) is 55.5 Å². The fourth-order valence-electron chi connectivity index (χ4n) is 3.28. The van der Waals surface area contributed by atoms with Crippen molar-refractivity contribution in [3.63, 3.8) is 0 Å². The van der Waals surface area contributed by atoms with Gasteiger partial charge in [-0.1, -0.05) is 31.0 Å². The highest BCUT2D eigenvalue weighted by Crippen LogP contribution is 2.31. The molecule has 0 aliphatic carbocycles. The topological polar surface area (TPSA) is 29.3 Å². The first-order valence-electron chi connectivity index (χ1n) is 7.35. The summed E-state index contributed by atoms with van der Waals surface area (Å²) in [6.07, 6.45) is 3.94. The van der Waals surface area contributed by atoms with E-state index in [-0.39, 0.29) is 0 Å². The SMILES string of the molecule is CCCC1CCN(C(CN)c2ccc(Cl)cc2C)C1. The minimum atomic E-state index is 0.346. The summed E-state index contributed by atoms with van der Waals surface area (Å²) in [7, 11) is 0. The van der Waals surface area contributed by atoms with Crippen molar-refractivity contribution in [2.75, 3.05) is 19.6 Å². The van der Waals surface area contributed by atoms with Crippen molar-refractivity contribution in [3.05, 3.63) is 34.3 Å². The van der Waals surface area contributed by atoms with E-state index < -0.39 is 0 Å². The molecular weight excluding hydrogens is 256 g/mol. The van der Waals surface area contributed by atoms with E-state index in [2.05, 4.69) is 24.8 Å². The Morgan fingerprint density at radius 2 is 2.26 bits per heavy atom. The number of benzene rings is 1. The number of rotatable bonds is 5. The molecule has 0 amide bonds. The maximum atomic E-state index is 6.04. The monoisotopic (exact) mass is 280 g/mol. The summed E-state index contributed by atoms with van der Waals surface area (Å²) in [5.41, 5.74) is 8.63. The van der Waals surface area contributed by atoms with Gasteiger partial charge >= 0.3 is 0 Å². The Bertz CT molecular complexity index is 419. The molecule has 0 radical (unpaired) electrons. The van der Waals surface area contributed by atoms with E-state index in [9.17, 15) is 0 Å². The quantitative estimate of drug-likeness (QED) is 0.890. The molecule has 19 heavy (non-hydrogen) atoms. The standard InChI is InChI=1S/C16H25ClN2/c1-3-4-13-7-8-19(11-13)16(10-18)15-6-5-14(17)9-12(15)2/h5-6,9,13,16H,3-4,7-8,10-11,18H2,1-2H3. The summed E-state index contributed by atoms with van der Waals surface area (Å²) in [5, 5.41) is 0.808. The van der Waals surface area contributed by atoms with E-state index in [0.717, 1.165) is 10.9 Å². The zero-order valence-corrected chi connectivity index (χ0v) is 12.8. The Balaban J connectivity index is 2.12. The van der Waals surface area contributed by atoms with Crippen molar-refractivity contribution in [2.24, 2.45) is 11.7 Å². The van der Waals surface area contributed by atoms with Gasteiger partial charge in [0.25, 0.3) is 0 Å². The van der Waals surface area contributed by atoms with Crippen LogP contribution in [0.25, 0.3) is 0 Å². The van der Waals surface area contributed by atoms with Crippen LogP contribution in [0.5, 0.6) is 0 Å². The third-order valence-corrected chi connectivity index (χ3v) is 4.50. The number of hydrogen-bond donors (Lipinski definition) is 1. The molecule has 1 saturated heterocycles. The van der Waals surface area contributed by atoms with Crippen molar-refractivity contribution in [3.8, 4) is 0 Å². The van der Waals surface area contributed by atoms with E-state index in [1.165, 1.54) is 43.5 Å². The van der Waals surface area contributed by atoms with Crippen LogP contribution in [0.1, 0.15) is 43.4 Å². The maximum Gasteiger partial charge on any atom is 0.0473 e. The molecule has 0 bridgehead atoms. The van der Waals surface area contributed by atoms with E-state index in [1.807, 2.05) is 12.1 Å². The number of nitrogens with two attached hydrogens (primary N) is 1. The van der Waals surface area contributed by atoms with Gasteiger partial charge in [0.1, 0.15) is 0 Å². The lowest BCUT2D eigenvalue weighted by Crippen LogP contribution is -2.32. The van der Waals surface area contributed by atoms with Crippen molar-refractivity contribution < 1.29 is 0 Å². The highest BCUT2D eigenvalue weighted by Gasteiger charge is 2.28. The Kier molecular flexibility index (Phi) is 5.26. The molecule has 2 atom stereocenters. The first kappa shape index (κ1) is 14.8. The van der Waals surface area contributed by atoms with E-state index >= 15 is 0 Å². The molecule has 1 fully saturated rings. The molecule has 1 aromatic rings. The van der Waals surface area contributed by atoms with Crippen LogP contribution in [-0.4, -0.2) is 24.5 Å². The third-order valence-electron chi connectivity index (χ3n) is 4.27. The average Bonchev–Trinajstić information content (AvgIpc) is 2.82. The van der Waals surface area contributed by atoms with Crippen LogP contribution in [0.2, 0.25) is 5.02 Å². The summed E-state index contributed by atoms with van der Waals surface area (Å²) in [4.78, 5) is 2.55. The summed E-state index contributed by atoms with van der Waals surface area (Å²) in [5.74, 6) is 0.853. The largest absolute Gasteiger partial charge is 0.329 e. The van der Waals surface area contributed by atoms with Crippen LogP contribution in [0, 0.1) is 12.8 Å². The third kappa shape index (κ3) is 3.50. The Hall–Kier alpha value is -0.570. The molecule has 0 spiro atoms. The normalized spacial score (nSPS) is 21.8. The molecule has 1 aliphatic rings. The predicted molar refractivity (Wildman–Crippen MR) is 82.6 cm³/mol. The van der Waals surface area contributed by atoms with Gasteiger partial charge in [-0.2, -0.15) is 0 Å². The first-order chi connectivity index (χ1) is 9.15. The van der Waals surface area contributed by atoms with Crippen LogP contribution in [0.3, 0.4) is 0 Å². The lowest BCUT2D eigenvalue weighted by atomic mass is 10.00. The molecule has 106 valence electrons. The van der Waals surface area contributed by atoms with Gasteiger partial charge in [-0.25, -0.2) is 0 Å². The average molecular weight is 281 g/mol. The molecule has 2 unspecified atom stereocenters. The minimum absolute atomic E-state index is 0.346. The summed E-state index contributed by atoms with van der Waals surface area (Å²) >= 11 is 6.04. The molecular formula is C16H25ClN2. The number of likely N-dealkylation sites (tertiary alicyclic amines) is 1. The second-order valence-electron chi connectivity index (χ2n) is 5.69. The van der Waals surface area contributed by atoms with E-state index in [4.69, 9.17) is 17.3 Å². The molecule has 2 N–H and O–H groups in total. The van der Waals surface area contributed by atoms with Crippen LogP contribution in [0.15, 0.2) is 18.2 Å². The number of hydrogen-bond acceptors (Lipinski definition) is 2. The Morgan fingerprint density at radius 3 is 2.89 bits per heavy atom. The van der Waals surface area contributed by atoms with Gasteiger partial charge < -0.3 is 5.73 Å². The highest BCUT2D eigenvalue weighted by molar-refractivity contribution is 6.30. The Labute approximate surface area is 121 Å². The van der Waals surface area contributed by atoms with Crippen LogP contribution >= 0.6 is 11.6 Å². The van der Waals surface area contributed by atoms with Crippen molar-refractivity contribution in [1.82, 2.24) is 4.90 Å². The van der Waals surface area contributed by atoms with Crippen molar-refractivity contribution in [2.45, 2.75) is 39.2 Å². The van der Waals surface area contributed by atoms with Gasteiger partial charge in [0.15, 0.2) is 0 Å². The lowest BCUT2D eigenvalue weighted by molar-refractivity contribution is 0.239. The van der Waals surface area contributed by atoms with E-state index in [0.29, 0.717) is 12.6 Å². The molecule has 1 aliphatic heterocycles.